The molecule has 2 heterocycles. The van der Waals surface area contributed by atoms with E-state index in [-0.39, 0.29) is 0 Å². The van der Waals surface area contributed by atoms with Crippen LogP contribution in [0.5, 0.6) is 0 Å². The van der Waals surface area contributed by atoms with E-state index in [1.807, 2.05) is 18.3 Å². The Hall–Kier alpha value is -2.76. The maximum Gasteiger partial charge on any atom is 0.112 e. The second-order valence-corrected chi connectivity index (χ2v) is 7.13. The molecule has 0 amide bonds. The van der Waals surface area contributed by atoms with Crippen LogP contribution in [0.1, 0.15) is 17.8 Å². The molecule has 2 aromatic carbocycles. The van der Waals surface area contributed by atoms with Gasteiger partial charge in [-0.3, -0.25) is 4.98 Å². The number of aryl methyl sites for hydroxylation is 1. The van der Waals surface area contributed by atoms with Crippen LogP contribution in [0.25, 0.3) is 21.9 Å². The molecule has 2 aromatic heterocycles. The highest BCUT2D eigenvalue weighted by Gasteiger charge is 2.14. The van der Waals surface area contributed by atoms with Gasteiger partial charge in [-0.25, -0.2) is 4.98 Å². The number of benzene rings is 2. The summed E-state index contributed by atoms with van der Waals surface area (Å²) in [6.45, 7) is 2.84. The Labute approximate surface area is 171 Å². The number of fused-ring (bicyclic) bond motifs is 3. The summed E-state index contributed by atoms with van der Waals surface area (Å²) < 4.78 is 13.5. The van der Waals surface area contributed by atoms with Crippen molar-refractivity contribution in [3.05, 3.63) is 72.2 Å². The molecule has 0 aliphatic carbocycles. The first-order valence-corrected chi connectivity index (χ1v) is 10.2. The molecule has 0 aliphatic heterocycles. The van der Waals surface area contributed by atoms with Crippen LogP contribution in [0, 0.1) is 0 Å². The van der Waals surface area contributed by atoms with Gasteiger partial charge in [0.25, 0.3) is 0 Å². The first kappa shape index (κ1) is 19.6. The number of methoxy groups -OCH3 is 1. The van der Waals surface area contributed by atoms with Crippen molar-refractivity contribution in [2.24, 2.45) is 0 Å². The molecule has 150 valence electrons. The number of para-hydroxylation sites is 1. The van der Waals surface area contributed by atoms with Crippen molar-refractivity contribution in [2.45, 2.75) is 25.8 Å². The third-order valence-electron chi connectivity index (χ3n) is 5.14. The molecule has 0 fully saturated rings. The molecule has 0 spiro atoms. The lowest BCUT2D eigenvalue weighted by Gasteiger charge is -2.11. The van der Waals surface area contributed by atoms with Crippen molar-refractivity contribution >= 4 is 21.9 Å². The summed E-state index contributed by atoms with van der Waals surface area (Å²) in [7, 11) is 1.72. The molecule has 0 aliphatic rings. The Morgan fingerprint density at radius 2 is 1.69 bits per heavy atom. The smallest absolute Gasteiger partial charge is 0.112 e. The molecule has 29 heavy (non-hydrogen) atoms. The highest BCUT2D eigenvalue weighted by molar-refractivity contribution is 6.02. The van der Waals surface area contributed by atoms with Gasteiger partial charge in [-0.2, -0.15) is 0 Å². The molecule has 0 unspecified atom stereocenters. The van der Waals surface area contributed by atoms with E-state index in [1.54, 1.807) is 7.11 Å². The van der Waals surface area contributed by atoms with Gasteiger partial charge in [0.15, 0.2) is 0 Å². The van der Waals surface area contributed by atoms with Crippen molar-refractivity contribution in [2.75, 3.05) is 26.9 Å². The fourth-order valence-electron chi connectivity index (χ4n) is 3.72. The van der Waals surface area contributed by atoms with Crippen LogP contribution in [0.3, 0.4) is 0 Å². The minimum absolute atomic E-state index is 0.645. The first-order valence-electron chi connectivity index (χ1n) is 10.2. The van der Waals surface area contributed by atoms with Crippen LogP contribution < -0.4 is 0 Å². The van der Waals surface area contributed by atoms with E-state index in [0.29, 0.717) is 13.2 Å². The average molecular weight is 389 g/mol. The lowest BCUT2D eigenvalue weighted by molar-refractivity contribution is 0.124. The van der Waals surface area contributed by atoms with Gasteiger partial charge < -0.3 is 14.0 Å². The van der Waals surface area contributed by atoms with E-state index >= 15 is 0 Å². The van der Waals surface area contributed by atoms with Gasteiger partial charge >= 0.3 is 0 Å². The quantitative estimate of drug-likeness (QED) is 0.377. The highest BCUT2D eigenvalue weighted by atomic mass is 16.5. The summed E-state index contributed by atoms with van der Waals surface area (Å²) in [4.78, 5) is 9.38. The van der Waals surface area contributed by atoms with E-state index < -0.39 is 0 Å². The minimum Gasteiger partial charge on any atom is -0.384 e. The van der Waals surface area contributed by atoms with Crippen molar-refractivity contribution < 1.29 is 9.47 Å². The van der Waals surface area contributed by atoms with Crippen molar-refractivity contribution in [1.29, 1.82) is 0 Å². The predicted molar refractivity (Wildman–Crippen MR) is 116 cm³/mol. The van der Waals surface area contributed by atoms with E-state index in [9.17, 15) is 0 Å². The molecule has 0 N–H and O–H groups in total. The van der Waals surface area contributed by atoms with Gasteiger partial charge in [-0.1, -0.05) is 48.5 Å². The number of hydrogen-bond donors (Lipinski definition) is 0. The molecule has 0 radical (unpaired) electrons. The molecular weight excluding hydrogens is 362 g/mol. The van der Waals surface area contributed by atoms with Gasteiger partial charge in [-0.15, -0.1) is 0 Å². The third-order valence-corrected chi connectivity index (χ3v) is 5.14. The van der Waals surface area contributed by atoms with Gasteiger partial charge in [0.1, 0.15) is 11.3 Å². The van der Waals surface area contributed by atoms with Crippen molar-refractivity contribution in [1.82, 2.24) is 14.5 Å². The Morgan fingerprint density at radius 3 is 2.55 bits per heavy atom. The van der Waals surface area contributed by atoms with Gasteiger partial charge in [0, 0.05) is 32.1 Å². The van der Waals surface area contributed by atoms with Crippen LogP contribution in [0.4, 0.5) is 0 Å². The fraction of sp³-hybridized carbons (Fsp3) is 0.333. The van der Waals surface area contributed by atoms with Crippen LogP contribution in [0.2, 0.25) is 0 Å². The number of ether oxygens (including phenoxy) is 2. The number of imidazole rings is 1. The summed E-state index contributed by atoms with van der Waals surface area (Å²) in [6, 6.07) is 18.8. The molecule has 0 atom stereocenters. The monoisotopic (exact) mass is 389 g/mol. The summed E-state index contributed by atoms with van der Waals surface area (Å²) in [5, 5.41) is 1.13. The van der Waals surface area contributed by atoms with Gasteiger partial charge in [0.05, 0.1) is 30.4 Å². The van der Waals surface area contributed by atoms with Crippen LogP contribution in [-0.4, -0.2) is 41.5 Å². The normalized spacial score (nSPS) is 11.5. The molecule has 4 aromatic rings. The predicted octanol–water partition coefficient (Wildman–Crippen LogP) is 4.42. The lowest BCUT2D eigenvalue weighted by atomic mass is 10.1. The molecule has 4 rings (SSSR count). The Kier molecular flexibility index (Phi) is 6.49. The van der Waals surface area contributed by atoms with E-state index in [0.717, 1.165) is 60.2 Å². The summed E-state index contributed by atoms with van der Waals surface area (Å²) in [5.41, 5.74) is 4.41. The van der Waals surface area contributed by atoms with E-state index in [2.05, 4.69) is 52.0 Å². The minimum atomic E-state index is 0.645. The number of aromatic nitrogens is 3. The summed E-state index contributed by atoms with van der Waals surface area (Å²) >= 11 is 0. The number of rotatable bonds is 10. The Balaban J connectivity index is 1.45. The summed E-state index contributed by atoms with van der Waals surface area (Å²) in [6.07, 6.45) is 4.71. The second-order valence-electron chi connectivity index (χ2n) is 7.13. The zero-order valence-electron chi connectivity index (χ0n) is 16.9. The van der Waals surface area contributed by atoms with Crippen LogP contribution in [-0.2, 0) is 28.9 Å². The topological polar surface area (TPSA) is 49.2 Å². The molecule has 0 saturated heterocycles. The fourth-order valence-corrected chi connectivity index (χ4v) is 3.72. The SMILES string of the molecule is COCCc1nc2cnc3ccccc3c2n1CCOCCCc1ccccc1. The van der Waals surface area contributed by atoms with E-state index in [4.69, 9.17) is 14.5 Å². The third kappa shape index (κ3) is 4.63. The largest absolute Gasteiger partial charge is 0.384 e. The summed E-state index contributed by atoms with van der Waals surface area (Å²) in [5.74, 6) is 1.02. The second kappa shape index (κ2) is 9.63. The van der Waals surface area contributed by atoms with Crippen molar-refractivity contribution in [3.63, 3.8) is 0 Å². The standard InChI is InChI=1S/C24H27N3O2/c1-28-16-13-23-26-22-18-25-21-12-6-5-11-20(21)24(22)27(23)14-17-29-15-7-10-19-8-3-2-4-9-19/h2-6,8-9,11-12,18H,7,10,13-17H2,1H3. The van der Waals surface area contributed by atoms with E-state index in [1.165, 1.54) is 5.56 Å². The number of pyridine rings is 1. The maximum absolute atomic E-state index is 5.95. The molecular formula is C24H27N3O2. The highest BCUT2D eigenvalue weighted by Crippen LogP contribution is 2.25. The lowest BCUT2D eigenvalue weighted by Crippen LogP contribution is -2.12. The molecule has 5 nitrogen and oxygen atoms in total. The Bertz CT molecular complexity index is 1060. The number of nitrogens with zero attached hydrogens (tertiary/aromatic N) is 3. The first-order chi connectivity index (χ1) is 14.4. The van der Waals surface area contributed by atoms with Gasteiger partial charge in [0.2, 0.25) is 0 Å². The molecule has 0 saturated carbocycles. The zero-order valence-corrected chi connectivity index (χ0v) is 16.9. The van der Waals surface area contributed by atoms with Crippen LogP contribution >= 0.6 is 0 Å². The number of hydrogen-bond acceptors (Lipinski definition) is 4. The molecule has 0 bridgehead atoms. The van der Waals surface area contributed by atoms with Gasteiger partial charge in [-0.05, 0) is 24.5 Å². The maximum atomic E-state index is 5.95. The molecule has 5 heteroatoms. The Morgan fingerprint density at radius 1 is 0.862 bits per heavy atom. The van der Waals surface area contributed by atoms with Crippen molar-refractivity contribution in [3.8, 4) is 0 Å². The average Bonchev–Trinajstić information content (AvgIpc) is 3.13. The van der Waals surface area contributed by atoms with Crippen LogP contribution in [0.15, 0.2) is 60.8 Å². The zero-order chi connectivity index (χ0) is 19.9.